The van der Waals surface area contributed by atoms with E-state index in [1.165, 1.54) is 13.1 Å². The molecule has 1 atom stereocenters. The topological polar surface area (TPSA) is 98.0 Å². The maximum Gasteiger partial charge on any atom is 0.251 e. The van der Waals surface area contributed by atoms with Crippen LogP contribution in [0.1, 0.15) is 58.7 Å². The number of rotatable bonds is 6. The molecule has 2 heterocycles. The Kier molecular flexibility index (Phi) is 5.40. The summed E-state index contributed by atoms with van der Waals surface area (Å²) in [5, 5.41) is 6.68. The van der Waals surface area contributed by atoms with Crippen LogP contribution in [0.25, 0.3) is 11.3 Å². The van der Waals surface area contributed by atoms with E-state index in [1.54, 1.807) is 37.3 Å². The van der Waals surface area contributed by atoms with Crippen LogP contribution in [0.5, 0.6) is 0 Å². The lowest BCUT2D eigenvalue weighted by molar-refractivity contribution is 0.0926. The van der Waals surface area contributed by atoms with E-state index in [4.69, 9.17) is 4.52 Å². The van der Waals surface area contributed by atoms with Crippen LogP contribution in [0, 0.1) is 6.92 Å². The molecule has 0 spiro atoms. The summed E-state index contributed by atoms with van der Waals surface area (Å²) in [6.45, 7) is 5.16. The van der Waals surface area contributed by atoms with Gasteiger partial charge < -0.3 is 9.84 Å². The number of Topliss-reactive ketones (excluding diaryl/α,β-unsaturated/α-hetero) is 1. The van der Waals surface area contributed by atoms with Crippen molar-refractivity contribution in [2.45, 2.75) is 33.2 Å². The van der Waals surface area contributed by atoms with Gasteiger partial charge in [-0.2, -0.15) is 4.98 Å². The van der Waals surface area contributed by atoms with Gasteiger partial charge in [-0.25, -0.2) is 0 Å². The lowest BCUT2D eigenvalue weighted by atomic mass is 10.1. The molecule has 0 fully saturated rings. The van der Waals surface area contributed by atoms with Crippen LogP contribution in [0.3, 0.4) is 0 Å². The number of nitrogens with zero attached hydrogens (tertiary/aromatic N) is 3. The third kappa shape index (κ3) is 4.25. The molecule has 3 aromatic rings. The zero-order valence-electron chi connectivity index (χ0n) is 15.4. The first kappa shape index (κ1) is 18.4. The quantitative estimate of drug-likeness (QED) is 0.672. The molecule has 0 unspecified atom stereocenters. The lowest BCUT2D eigenvalue weighted by Gasteiger charge is -2.13. The fourth-order valence-corrected chi connectivity index (χ4v) is 2.63. The summed E-state index contributed by atoms with van der Waals surface area (Å²) in [4.78, 5) is 32.5. The minimum Gasteiger partial charge on any atom is -0.340 e. The third-order valence-corrected chi connectivity index (χ3v) is 4.15. The fourth-order valence-electron chi connectivity index (χ4n) is 2.63. The van der Waals surface area contributed by atoms with Gasteiger partial charge in [0.05, 0.1) is 5.69 Å². The lowest BCUT2D eigenvalue weighted by Crippen LogP contribution is -2.28. The Morgan fingerprint density at radius 3 is 2.59 bits per heavy atom. The summed E-state index contributed by atoms with van der Waals surface area (Å²) in [6, 6.07) is 10.3. The number of pyridine rings is 1. The van der Waals surface area contributed by atoms with E-state index in [0.29, 0.717) is 35.0 Å². The summed E-state index contributed by atoms with van der Waals surface area (Å²) in [7, 11) is 0. The maximum absolute atomic E-state index is 12.7. The number of nitrogens with one attached hydrogen (secondary N) is 1. The number of hydrogen-bond acceptors (Lipinski definition) is 6. The predicted octanol–water partition coefficient (Wildman–Crippen LogP) is 3.52. The van der Waals surface area contributed by atoms with Gasteiger partial charge in [0, 0.05) is 22.9 Å². The van der Waals surface area contributed by atoms with E-state index in [1.807, 2.05) is 13.0 Å². The van der Waals surface area contributed by atoms with Crippen molar-refractivity contribution >= 4 is 11.7 Å². The number of ketones is 1. The van der Waals surface area contributed by atoms with Crippen molar-refractivity contribution in [2.75, 3.05) is 0 Å². The van der Waals surface area contributed by atoms with E-state index < -0.39 is 0 Å². The van der Waals surface area contributed by atoms with E-state index in [9.17, 15) is 9.59 Å². The van der Waals surface area contributed by atoms with Gasteiger partial charge in [-0.15, -0.1) is 0 Å². The molecule has 7 heteroatoms. The average Bonchev–Trinajstić information content (AvgIpc) is 3.12. The first-order valence-corrected chi connectivity index (χ1v) is 8.66. The number of hydrogen-bond donors (Lipinski definition) is 1. The Morgan fingerprint density at radius 2 is 2.00 bits per heavy atom. The first-order valence-electron chi connectivity index (χ1n) is 8.66. The second kappa shape index (κ2) is 7.90. The Labute approximate surface area is 156 Å². The van der Waals surface area contributed by atoms with E-state index in [2.05, 4.69) is 20.4 Å². The molecule has 0 saturated heterocycles. The number of benzene rings is 1. The van der Waals surface area contributed by atoms with Gasteiger partial charge in [0.25, 0.3) is 5.91 Å². The largest absolute Gasteiger partial charge is 0.340 e. The number of amides is 1. The van der Waals surface area contributed by atoms with E-state index >= 15 is 0 Å². The van der Waals surface area contributed by atoms with Crippen molar-refractivity contribution in [1.82, 2.24) is 20.4 Å². The van der Waals surface area contributed by atoms with Crippen molar-refractivity contribution in [3.63, 3.8) is 0 Å². The summed E-state index contributed by atoms with van der Waals surface area (Å²) < 4.78 is 5.16. The highest BCUT2D eigenvalue weighted by molar-refractivity contribution is 5.96. The van der Waals surface area contributed by atoms with Gasteiger partial charge in [0.1, 0.15) is 6.04 Å². The Hall–Kier alpha value is -3.35. The minimum absolute atomic E-state index is 0.0379. The van der Waals surface area contributed by atoms with Gasteiger partial charge in [0.2, 0.25) is 5.89 Å². The summed E-state index contributed by atoms with van der Waals surface area (Å²) in [5.41, 5.74) is 2.53. The highest BCUT2D eigenvalue weighted by Crippen LogP contribution is 2.20. The van der Waals surface area contributed by atoms with Gasteiger partial charge in [0.15, 0.2) is 11.6 Å². The highest BCUT2D eigenvalue weighted by Gasteiger charge is 2.19. The van der Waals surface area contributed by atoms with Crippen molar-refractivity contribution in [3.05, 3.63) is 65.4 Å². The monoisotopic (exact) mass is 364 g/mol. The molecule has 1 amide bonds. The third-order valence-electron chi connectivity index (χ3n) is 4.15. The van der Waals surface area contributed by atoms with Crippen LogP contribution in [-0.2, 0) is 0 Å². The molecule has 1 N–H and O–H groups in total. The first-order chi connectivity index (χ1) is 13.0. The van der Waals surface area contributed by atoms with Crippen molar-refractivity contribution in [2.24, 2.45) is 0 Å². The zero-order chi connectivity index (χ0) is 19.4. The predicted molar refractivity (Wildman–Crippen MR) is 99.2 cm³/mol. The van der Waals surface area contributed by atoms with E-state index in [-0.39, 0.29) is 17.7 Å². The van der Waals surface area contributed by atoms with Crippen molar-refractivity contribution in [3.8, 4) is 11.3 Å². The molecule has 0 aliphatic carbocycles. The molecular formula is C20H20N4O3. The normalized spacial score (nSPS) is 11.8. The number of carbonyl (C=O) groups excluding carboxylic acids is 2. The number of aryl methyl sites for hydroxylation is 1. The zero-order valence-corrected chi connectivity index (χ0v) is 15.4. The molecule has 27 heavy (non-hydrogen) atoms. The second-order valence-electron chi connectivity index (χ2n) is 6.18. The smallest absolute Gasteiger partial charge is 0.251 e. The van der Waals surface area contributed by atoms with Crippen molar-refractivity contribution < 1.29 is 14.1 Å². The SMILES string of the molecule is CC[C@@H](NC(=O)c1cccc(-c2ccc(C(C)=O)cn2)c1)c1nc(C)no1. The summed E-state index contributed by atoms with van der Waals surface area (Å²) in [5.74, 6) is 0.643. The van der Waals surface area contributed by atoms with Gasteiger partial charge in [-0.05, 0) is 44.5 Å². The molecule has 1 aromatic carbocycles. The van der Waals surface area contributed by atoms with Gasteiger partial charge in [-0.1, -0.05) is 24.2 Å². The van der Waals surface area contributed by atoms with Crippen LogP contribution >= 0.6 is 0 Å². The molecule has 0 radical (unpaired) electrons. The molecule has 2 aromatic heterocycles. The molecule has 7 nitrogen and oxygen atoms in total. The second-order valence-corrected chi connectivity index (χ2v) is 6.18. The van der Waals surface area contributed by atoms with Crippen LogP contribution in [0.2, 0.25) is 0 Å². The number of aromatic nitrogens is 3. The molecule has 0 aliphatic heterocycles. The van der Waals surface area contributed by atoms with Crippen LogP contribution in [0.4, 0.5) is 0 Å². The van der Waals surface area contributed by atoms with Crippen molar-refractivity contribution in [1.29, 1.82) is 0 Å². The van der Waals surface area contributed by atoms with Crippen LogP contribution in [0.15, 0.2) is 47.1 Å². The molecule has 0 bridgehead atoms. The molecule has 0 saturated carbocycles. The summed E-state index contributed by atoms with van der Waals surface area (Å²) in [6.07, 6.45) is 2.16. The maximum atomic E-state index is 12.7. The van der Waals surface area contributed by atoms with Gasteiger partial charge in [-0.3, -0.25) is 14.6 Å². The minimum atomic E-state index is -0.352. The molecule has 3 rings (SSSR count). The molecule has 138 valence electrons. The standard InChI is InChI=1S/C20H20N4O3/c1-4-17(20-22-13(3)24-27-20)23-19(26)15-7-5-6-14(10-15)18-9-8-16(11-21-18)12(2)25/h5-11,17H,4H2,1-3H3,(H,23,26)/t17-/m1/s1. The van der Waals surface area contributed by atoms with E-state index in [0.717, 1.165) is 5.56 Å². The molecule has 0 aliphatic rings. The summed E-state index contributed by atoms with van der Waals surface area (Å²) >= 11 is 0. The Bertz CT molecular complexity index is 963. The molecular weight excluding hydrogens is 344 g/mol. The number of carbonyl (C=O) groups is 2. The van der Waals surface area contributed by atoms with Gasteiger partial charge >= 0.3 is 0 Å². The van der Waals surface area contributed by atoms with Crippen LogP contribution < -0.4 is 5.32 Å². The fraction of sp³-hybridized carbons (Fsp3) is 0.250. The highest BCUT2D eigenvalue weighted by atomic mass is 16.5. The average molecular weight is 364 g/mol. The Morgan fingerprint density at radius 1 is 1.19 bits per heavy atom. The Balaban J connectivity index is 1.79. The van der Waals surface area contributed by atoms with Crippen LogP contribution in [-0.4, -0.2) is 26.8 Å².